The Hall–Kier alpha value is -1.40. The minimum absolute atomic E-state index is 0.297. The normalized spacial score (nSPS) is 20.5. The number of hydrogen-bond donors (Lipinski definition) is 2. The van der Waals surface area contributed by atoms with Gasteiger partial charge in [0.1, 0.15) is 5.75 Å². The summed E-state index contributed by atoms with van der Waals surface area (Å²) in [5.41, 5.74) is 1.12. The van der Waals surface area contributed by atoms with Crippen LogP contribution < -0.4 is 15.4 Å². The Balaban J connectivity index is 1.69. The van der Waals surface area contributed by atoms with Crippen LogP contribution in [0, 0.1) is 0 Å². The Labute approximate surface area is 156 Å². The highest BCUT2D eigenvalue weighted by atomic mass is 32.2. The van der Waals surface area contributed by atoms with Gasteiger partial charge >= 0.3 is 0 Å². The number of benzene rings is 1. The van der Waals surface area contributed by atoms with E-state index in [1.165, 1.54) is 18.6 Å². The highest BCUT2D eigenvalue weighted by molar-refractivity contribution is 8.00. The molecule has 1 saturated heterocycles. The summed E-state index contributed by atoms with van der Waals surface area (Å²) in [6.45, 7) is 8.07. The van der Waals surface area contributed by atoms with Crippen molar-refractivity contribution in [1.82, 2.24) is 10.6 Å². The number of aliphatic imine (C=N–C) groups is 1. The molecule has 1 aliphatic rings. The van der Waals surface area contributed by atoms with Crippen LogP contribution in [0.25, 0.3) is 0 Å². The van der Waals surface area contributed by atoms with Crippen LogP contribution >= 0.6 is 11.8 Å². The Morgan fingerprint density at radius 1 is 1.36 bits per heavy atom. The lowest BCUT2D eigenvalue weighted by Crippen LogP contribution is -2.40. The average molecular weight is 366 g/mol. The van der Waals surface area contributed by atoms with Crippen molar-refractivity contribution in [3.63, 3.8) is 0 Å². The van der Waals surface area contributed by atoms with Crippen LogP contribution in [0.2, 0.25) is 0 Å². The van der Waals surface area contributed by atoms with Gasteiger partial charge in [0.2, 0.25) is 0 Å². The Morgan fingerprint density at radius 2 is 2.24 bits per heavy atom. The van der Waals surface area contributed by atoms with Crippen molar-refractivity contribution in [2.45, 2.75) is 38.0 Å². The molecule has 1 aromatic carbocycles. The van der Waals surface area contributed by atoms with E-state index in [0.29, 0.717) is 18.0 Å². The van der Waals surface area contributed by atoms with E-state index in [-0.39, 0.29) is 0 Å². The van der Waals surface area contributed by atoms with Crippen LogP contribution in [0.15, 0.2) is 29.3 Å². The topological polar surface area (TPSA) is 54.9 Å². The van der Waals surface area contributed by atoms with Gasteiger partial charge in [0.25, 0.3) is 0 Å². The van der Waals surface area contributed by atoms with Gasteiger partial charge in [0, 0.05) is 17.8 Å². The molecule has 0 radical (unpaired) electrons. The summed E-state index contributed by atoms with van der Waals surface area (Å²) < 4.78 is 11.3. The first-order valence-corrected chi connectivity index (χ1v) is 10.0. The molecule has 0 amide bonds. The third-order valence-corrected chi connectivity index (χ3v) is 5.68. The third-order valence-electron chi connectivity index (χ3n) is 4.16. The molecular formula is C19H31N3O2S. The number of guanidine groups is 1. The Bertz CT molecular complexity index is 545. The van der Waals surface area contributed by atoms with Crippen molar-refractivity contribution < 1.29 is 9.47 Å². The highest BCUT2D eigenvalue weighted by Gasteiger charge is 2.29. The zero-order valence-corrected chi connectivity index (χ0v) is 16.5. The number of rotatable bonds is 9. The number of ether oxygens (including phenoxy) is 2. The summed E-state index contributed by atoms with van der Waals surface area (Å²) in [6.07, 6.45) is 2.56. The van der Waals surface area contributed by atoms with E-state index in [2.05, 4.69) is 24.5 Å². The van der Waals surface area contributed by atoms with Crippen molar-refractivity contribution in [3.05, 3.63) is 29.8 Å². The lowest BCUT2D eigenvalue weighted by molar-refractivity contribution is 0.125. The third kappa shape index (κ3) is 7.16. The number of thioether (sulfide) groups is 1. The molecule has 0 aromatic heterocycles. The fraction of sp³-hybridized carbons (Fsp3) is 0.632. The molecule has 6 heteroatoms. The van der Waals surface area contributed by atoms with Crippen molar-refractivity contribution in [1.29, 1.82) is 0 Å². The molecule has 5 nitrogen and oxygen atoms in total. The molecule has 0 aliphatic carbocycles. The molecule has 2 N–H and O–H groups in total. The van der Waals surface area contributed by atoms with E-state index in [1.54, 1.807) is 7.11 Å². The second-order valence-electron chi connectivity index (χ2n) is 6.43. The minimum Gasteiger partial charge on any atom is -0.497 e. The SMILES string of the molecule is CCNC(=NCC1(C)CCCS1)NCCOCc1cccc(OC)c1. The number of nitrogens with zero attached hydrogens (tertiary/aromatic N) is 1. The van der Waals surface area contributed by atoms with E-state index in [9.17, 15) is 0 Å². The monoisotopic (exact) mass is 365 g/mol. The largest absolute Gasteiger partial charge is 0.497 e. The molecule has 25 heavy (non-hydrogen) atoms. The molecule has 1 atom stereocenters. The smallest absolute Gasteiger partial charge is 0.191 e. The van der Waals surface area contributed by atoms with Crippen LogP contribution in [-0.4, -0.2) is 49.8 Å². The first-order valence-electron chi connectivity index (χ1n) is 9.02. The highest BCUT2D eigenvalue weighted by Crippen LogP contribution is 2.37. The summed E-state index contributed by atoms with van der Waals surface area (Å²) in [5.74, 6) is 2.99. The first kappa shape index (κ1) is 19.9. The van der Waals surface area contributed by atoms with Crippen LogP contribution in [0.1, 0.15) is 32.3 Å². The van der Waals surface area contributed by atoms with Gasteiger partial charge in [-0.05, 0) is 50.1 Å². The standard InChI is InChI=1S/C19H31N3O2S/c1-4-20-18(22-15-19(2)9-6-12-25-19)21-10-11-24-14-16-7-5-8-17(13-16)23-3/h5,7-8,13H,4,6,9-12,14-15H2,1-3H3,(H2,20,21,22). The van der Waals surface area contributed by atoms with Crippen molar-refractivity contribution in [2.24, 2.45) is 4.99 Å². The molecule has 0 saturated carbocycles. The van der Waals surface area contributed by atoms with Gasteiger partial charge in [-0.1, -0.05) is 12.1 Å². The van der Waals surface area contributed by atoms with Crippen molar-refractivity contribution in [3.8, 4) is 5.75 Å². The van der Waals surface area contributed by atoms with Crippen LogP contribution in [0.3, 0.4) is 0 Å². The molecular weight excluding hydrogens is 334 g/mol. The first-order chi connectivity index (χ1) is 12.1. The van der Waals surface area contributed by atoms with E-state index in [1.807, 2.05) is 36.0 Å². The molecule has 1 unspecified atom stereocenters. The number of hydrogen-bond acceptors (Lipinski definition) is 4. The van der Waals surface area contributed by atoms with Gasteiger partial charge in [0.05, 0.1) is 26.9 Å². The summed E-state index contributed by atoms with van der Waals surface area (Å²) in [5, 5.41) is 6.66. The van der Waals surface area contributed by atoms with Crippen LogP contribution in [0.5, 0.6) is 5.75 Å². The predicted molar refractivity (Wildman–Crippen MR) is 107 cm³/mol. The Morgan fingerprint density at radius 3 is 2.96 bits per heavy atom. The number of methoxy groups -OCH3 is 1. The quantitative estimate of drug-likeness (QED) is 0.400. The molecule has 0 spiro atoms. The van der Waals surface area contributed by atoms with Gasteiger partial charge in [-0.15, -0.1) is 0 Å². The molecule has 1 heterocycles. The summed E-state index contributed by atoms with van der Waals surface area (Å²) >= 11 is 2.04. The Kier molecular flexibility index (Phi) is 8.41. The minimum atomic E-state index is 0.297. The van der Waals surface area contributed by atoms with E-state index < -0.39 is 0 Å². The molecule has 1 fully saturated rings. The molecule has 0 bridgehead atoms. The number of nitrogens with one attached hydrogen (secondary N) is 2. The van der Waals surface area contributed by atoms with E-state index in [4.69, 9.17) is 14.5 Å². The average Bonchev–Trinajstić information content (AvgIpc) is 3.06. The second-order valence-corrected chi connectivity index (χ2v) is 8.11. The molecule has 2 rings (SSSR count). The van der Waals surface area contributed by atoms with Gasteiger partial charge < -0.3 is 20.1 Å². The van der Waals surface area contributed by atoms with E-state index in [0.717, 1.165) is 36.9 Å². The fourth-order valence-corrected chi connectivity index (χ4v) is 3.97. The maximum atomic E-state index is 5.74. The van der Waals surface area contributed by atoms with Crippen molar-refractivity contribution in [2.75, 3.05) is 39.1 Å². The maximum Gasteiger partial charge on any atom is 0.191 e. The molecule has 1 aliphatic heterocycles. The zero-order valence-electron chi connectivity index (χ0n) is 15.6. The zero-order chi connectivity index (χ0) is 18.0. The fourth-order valence-electron chi connectivity index (χ4n) is 2.74. The second kappa shape index (κ2) is 10.6. The van der Waals surface area contributed by atoms with Crippen LogP contribution in [-0.2, 0) is 11.3 Å². The summed E-state index contributed by atoms with van der Waals surface area (Å²) in [7, 11) is 1.68. The van der Waals surface area contributed by atoms with Gasteiger partial charge in [-0.2, -0.15) is 11.8 Å². The molecule has 140 valence electrons. The lowest BCUT2D eigenvalue weighted by atomic mass is 10.1. The predicted octanol–water partition coefficient (Wildman–Crippen LogP) is 3.05. The van der Waals surface area contributed by atoms with Crippen molar-refractivity contribution >= 4 is 17.7 Å². The van der Waals surface area contributed by atoms with E-state index >= 15 is 0 Å². The van der Waals surface area contributed by atoms with Gasteiger partial charge in [-0.25, -0.2) is 0 Å². The summed E-state index contributed by atoms with van der Waals surface area (Å²) in [6, 6.07) is 7.96. The van der Waals surface area contributed by atoms with Gasteiger partial charge in [-0.3, -0.25) is 4.99 Å². The summed E-state index contributed by atoms with van der Waals surface area (Å²) in [4.78, 5) is 4.75. The van der Waals surface area contributed by atoms with Gasteiger partial charge in [0.15, 0.2) is 5.96 Å². The molecule has 1 aromatic rings. The maximum absolute atomic E-state index is 5.74. The lowest BCUT2D eigenvalue weighted by Gasteiger charge is -2.21. The van der Waals surface area contributed by atoms with Crippen LogP contribution in [0.4, 0.5) is 0 Å².